The van der Waals surface area contributed by atoms with E-state index in [4.69, 9.17) is 14.5 Å². The van der Waals surface area contributed by atoms with E-state index in [1.807, 2.05) is 41.8 Å². The Hall–Kier alpha value is -2.24. The van der Waals surface area contributed by atoms with Crippen molar-refractivity contribution in [3.8, 4) is 0 Å². The molecule has 2 aromatic rings. The van der Waals surface area contributed by atoms with Gasteiger partial charge in [0.2, 0.25) is 0 Å². The van der Waals surface area contributed by atoms with Gasteiger partial charge >= 0.3 is 5.97 Å². The lowest BCUT2D eigenvalue weighted by molar-refractivity contribution is -0.166. The first-order valence-corrected chi connectivity index (χ1v) is 11.7. The lowest BCUT2D eigenvalue weighted by Crippen LogP contribution is -2.30. The van der Waals surface area contributed by atoms with E-state index in [9.17, 15) is 4.79 Å². The Kier molecular flexibility index (Phi) is 7.73. The van der Waals surface area contributed by atoms with Gasteiger partial charge in [0.05, 0.1) is 23.4 Å². The largest absolute Gasteiger partial charge is 0.464 e. The van der Waals surface area contributed by atoms with Crippen molar-refractivity contribution < 1.29 is 14.3 Å². The molecule has 1 unspecified atom stereocenters. The minimum Gasteiger partial charge on any atom is -0.464 e. The van der Waals surface area contributed by atoms with E-state index in [0.29, 0.717) is 6.61 Å². The molecule has 0 spiro atoms. The van der Waals surface area contributed by atoms with E-state index < -0.39 is 11.7 Å². The van der Waals surface area contributed by atoms with Crippen LogP contribution in [0.4, 0.5) is 0 Å². The smallest absolute Gasteiger partial charge is 0.339 e. The molecule has 0 aliphatic heterocycles. The molecule has 3 rings (SSSR count). The van der Waals surface area contributed by atoms with Gasteiger partial charge in [-0.1, -0.05) is 12.1 Å². The molecule has 0 N–H and O–H groups in total. The summed E-state index contributed by atoms with van der Waals surface area (Å²) in [7, 11) is 4.10. The number of fused-ring (bicyclic) bond motifs is 1. The summed E-state index contributed by atoms with van der Waals surface area (Å²) in [4.78, 5) is 20.2. The highest BCUT2D eigenvalue weighted by atomic mass is 16.6. The molecule has 1 aromatic carbocycles. The van der Waals surface area contributed by atoms with Crippen LogP contribution in [0.2, 0.25) is 0 Å². The van der Waals surface area contributed by atoms with Gasteiger partial charge in [0.15, 0.2) is 6.10 Å². The van der Waals surface area contributed by atoms with E-state index in [0.717, 1.165) is 59.1 Å². The van der Waals surface area contributed by atoms with E-state index in [2.05, 4.69) is 36.1 Å². The van der Waals surface area contributed by atoms with Crippen LogP contribution in [0.25, 0.3) is 16.5 Å². The standard InChI is InChI=1S/C27H38N2O3/c1-8-31-26(30)25(32-27(3,4)5)23-18(2)16-22-21(15-14-20(28-22)17-29(6)7)24(23)19-12-10-9-11-13-19/h12,14-16,25H,8-11,13,17H2,1-7H3. The highest BCUT2D eigenvalue weighted by Gasteiger charge is 2.33. The Morgan fingerprint density at radius 1 is 1.22 bits per heavy atom. The Balaban J connectivity index is 2.28. The van der Waals surface area contributed by atoms with Gasteiger partial charge in [0, 0.05) is 17.5 Å². The summed E-state index contributed by atoms with van der Waals surface area (Å²) in [6.07, 6.45) is 5.95. The number of hydrogen-bond acceptors (Lipinski definition) is 5. The number of nitrogens with zero attached hydrogens (tertiary/aromatic N) is 2. The van der Waals surface area contributed by atoms with Crippen LogP contribution in [0.15, 0.2) is 24.3 Å². The minimum atomic E-state index is -0.779. The number of ether oxygens (including phenoxy) is 2. The monoisotopic (exact) mass is 438 g/mol. The molecule has 5 heteroatoms. The third-order valence-corrected chi connectivity index (χ3v) is 5.62. The number of hydrogen-bond donors (Lipinski definition) is 0. The van der Waals surface area contributed by atoms with E-state index in [1.165, 1.54) is 12.0 Å². The number of pyridine rings is 1. The molecule has 5 nitrogen and oxygen atoms in total. The van der Waals surface area contributed by atoms with E-state index in [-0.39, 0.29) is 5.97 Å². The molecule has 0 saturated heterocycles. The lowest BCUT2D eigenvalue weighted by atomic mass is 9.84. The lowest BCUT2D eigenvalue weighted by Gasteiger charge is -2.30. The molecule has 0 bridgehead atoms. The maximum Gasteiger partial charge on any atom is 0.339 e. The SMILES string of the molecule is CCOC(=O)C(OC(C)(C)C)c1c(C)cc2nc(CN(C)C)ccc2c1C1=CCCCC1. The highest BCUT2D eigenvalue weighted by molar-refractivity contribution is 5.96. The summed E-state index contributed by atoms with van der Waals surface area (Å²) in [5, 5.41) is 1.08. The van der Waals surface area contributed by atoms with Crippen LogP contribution in [-0.2, 0) is 20.8 Å². The fraction of sp³-hybridized carbons (Fsp3) is 0.556. The fourth-order valence-electron chi connectivity index (χ4n) is 4.42. The zero-order valence-corrected chi connectivity index (χ0v) is 20.7. The second-order valence-electron chi connectivity index (χ2n) is 9.93. The number of aryl methyl sites for hydroxylation is 1. The summed E-state index contributed by atoms with van der Waals surface area (Å²) in [6.45, 7) is 10.9. The molecule has 1 aromatic heterocycles. The number of benzene rings is 1. The van der Waals surface area contributed by atoms with Crippen LogP contribution in [0, 0.1) is 6.92 Å². The van der Waals surface area contributed by atoms with Crippen molar-refractivity contribution in [1.29, 1.82) is 0 Å². The fourth-order valence-corrected chi connectivity index (χ4v) is 4.42. The quantitative estimate of drug-likeness (QED) is 0.498. The van der Waals surface area contributed by atoms with Crippen molar-refractivity contribution in [2.45, 2.75) is 78.6 Å². The Morgan fingerprint density at radius 3 is 2.56 bits per heavy atom. The average molecular weight is 439 g/mol. The van der Waals surface area contributed by atoms with Crippen molar-refractivity contribution in [2.24, 2.45) is 0 Å². The number of aromatic nitrogens is 1. The number of carbonyl (C=O) groups excluding carboxylic acids is 1. The molecule has 174 valence electrons. The molecule has 1 aliphatic rings. The first kappa shape index (κ1) is 24.4. The molecule has 1 aliphatic carbocycles. The van der Waals surface area contributed by atoms with Gasteiger partial charge in [-0.15, -0.1) is 0 Å². The van der Waals surface area contributed by atoms with Gasteiger partial charge in [-0.2, -0.15) is 0 Å². The molecule has 1 heterocycles. The molecule has 0 amide bonds. The molecule has 32 heavy (non-hydrogen) atoms. The normalized spacial score (nSPS) is 15.7. The zero-order chi connectivity index (χ0) is 23.5. The summed E-state index contributed by atoms with van der Waals surface area (Å²) in [5.41, 5.74) is 5.82. The summed E-state index contributed by atoms with van der Waals surface area (Å²) >= 11 is 0. The third-order valence-electron chi connectivity index (χ3n) is 5.62. The average Bonchev–Trinajstić information content (AvgIpc) is 2.71. The van der Waals surface area contributed by atoms with Crippen LogP contribution < -0.4 is 0 Å². The van der Waals surface area contributed by atoms with Gasteiger partial charge < -0.3 is 14.4 Å². The van der Waals surface area contributed by atoms with Crippen molar-refractivity contribution in [2.75, 3.05) is 20.7 Å². The number of rotatable bonds is 7. The van der Waals surface area contributed by atoms with Gasteiger partial charge in [-0.3, -0.25) is 4.98 Å². The second-order valence-corrected chi connectivity index (χ2v) is 9.93. The minimum absolute atomic E-state index is 0.322. The molecule has 0 saturated carbocycles. The van der Waals surface area contributed by atoms with E-state index >= 15 is 0 Å². The Morgan fingerprint density at radius 2 is 1.97 bits per heavy atom. The third kappa shape index (κ3) is 5.76. The van der Waals surface area contributed by atoms with Crippen LogP contribution in [0.3, 0.4) is 0 Å². The Bertz CT molecular complexity index is 1000. The van der Waals surface area contributed by atoms with Crippen molar-refractivity contribution >= 4 is 22.4 Å². The summed E-state index contributed by atoms with van der Waals surface area (Å²) in [6, 6.07) is 6.35. The maximum atomic E-state index is 13.1. The van der Waals surface area contributed by atoms with Gasteiger partial charge in [-0.25, -0.2) is 4.79 Å². The number of carbonyl (C=O) groups is 1. The van der Waals surface area contributed by atoms with Gasteiger partial charge in [0.1, 0.15) is 0 Å². The molecule has 0 radical (unpaired) electrons. The predicted molar refractivity (Wildman–Crippen MR) is 131 cm³/mol. The molecule has 1 atom stereocenters. The van der Waals surface area contributed by atoms with Crippen molar-refractivity contribution in [3.05, 3.63) is 46.7 Å². The summed E-state index contributed by atoms with van der Waals surface area (Å²) < 4.78 is 11.8. The van der Waals surface area contributed by atoms with Crippen LogP contribution in [0.5, 0.6) is 0 Å². The zero-order valence-electron chi connectivity index (χ0n) is 20.7. The summed E-state index contributed by atoms with van der Waals surface area (Å²) in [5.74, 6) is -0.334. The van der Waals surface area contributed by atoms with Gasteiger partial charge in [-0.05, 0) is 103 Å². The number of esters is 1. The maximum absolute atomic E-state index is 13.1. The van der Waals surface area contributed by atoms with Crippen LogP contribution in [0.1, 0.15) is 81.9 Å². The van der Waals surface area contributed by atoms with E-state index in [1.54, 1.807) is 0 Å². The predicted octanol–water partition coefficient (Wildman–Crippen LogP) is 5.98. The first-order chi connectivity index (χ1) is 15.1. The van der Waals surface area contributed by atoms with Crippen molar-refractivity contribution in [1.82, 2.24) is 9.88 Å². The Labute approximate surface area is 192 Å². The highest BCUT2D eigenvalue weighted by Crippen LogP contribution is 2.41. The molecular weight excluding hydrogens is 400 g/mol. The van der Waals surface area contributed by atoms with Gasteiger partial charge in [0.25, 0.3) is 0 Å². The molecule has 0 fully saturated rings. The van der Waals surface area contributed by atoms with Crippen molar-refractivity contribution in [3.63, 3.8) is 0 Å². The number of allylic oxidation sites excluding steroid dienone is 2. The topological polar surface area (TPSA) is 51.7 Å². The van der Waals surface area contributed by atoms with Crippen LogP contribution in [-0.4, -0.2) is 42.2 Å². The van der Waals surface area contributed by atoms with Crippen LogP contribution >= 0.6 is 0 Å². The molecular formula is C27H38N2O3. The second kappa shape index (κ2) is 10.1. The first-order valence-electron chi connectivity index (χ1n) is 11.7.